The first-order chi connectivity index (χ1) is 6.27. The van der Waals surface area contributed by atoms with Gasteiger partial charge in [-0.15, -0.1) is 0 Å². The van der Waals surface area contributed by atoms with Gasteiger partial charge >= 0.3 is 0 Å². The van der Waals surface area contributed by atoms with Crippen molar-refractivity contribution in [3.05, 3.63) is 35.1 Å². The average Bonchev–Trinajstić information content (AvgIpc) is 2.15. The first-order valence-corrected chi connectivity index (χ1v) is 3.86. The quantitative estimate of drug-likeness (QED) is 0.621. The van der Waals surface area contributed by atoms with Crippen LogP contribution in [0.25, 0.3) is 0 Å². The number of rotatable bonds is 1. The largest absolute Gasteiger partial charge is 0.384 e. The minimum atomic E-state index is -0.354. The van der Waals surface area contributed by atoms with E-state index in [2.05, 4.69) is 11.8 Å². The van der Waals surface area contributed by atoms with Crippen LogP contribution >= 0.6 is 0 Å². The maximum Gasteiger partial charge on any atom is 0.128 e. The van der Waals surface area contributed by atoms with Crippen LogP contribution in [0.2, 0.25) is 0 Å². The van der Waals surface area contributed by atoms with Crippen LogP contribution in [0.15, 0.2) is 18.2 Å². The molecule has 0 saturated heterocycles. The fourth-order valence-corrected chi connectivity index (χ4v) is 0.932. The summed E-state index contributed by atoms with van der Waals surface area (Å²) in [5, 5.41) is 8.41. The molecule has 68 valence electrons. The zero-order valence-electron chi connectivity index (χ0n) is 7.05. The number of benzene rings is 1. The number of nitrogens with two attached hydrogens (primary N) is 1. The third-order valence-electron chi connectivity index (χ3n) is 1.58. The van der Waals surface area contributed by atoms with Gasteiger partial charge in [0.1, 0.15) is 12.4 Å². The van der Waals surface area contributed by atoms with Crippen molar-refractivity contribution >= 4 is 0 Å². The third-order valence-corrected chi connectivity index (χ3v) is 1.58. The number of aliphatic hydroxyl groups is 1. The Labute approximate surface area is 76.2 Å². The summed E-state index contributed by atoms with van der Waals surface area (Å²) in [5.74, 6) is 4.69. The zero-order chi connectivity index (χ0) is 9.68. The van der Waals surface area contributed by atoms with Gasteiger partial charge in [0.25, 0.3) is 0 Å². The van der Waals surface area contributed by atoms with Crippen LogP contribution in [0.4, 0.5) is 4.39 Å². The Bertz CT molecular complexity index is 352. The van der Waals surface area contributed by atoms with Crippen LogP contribution in [-0.2, 0) is 6.54 Å². The molecule has 0 atom stereocenters. The smallest absolute Gasteiger partial charge is 0.128 e. The summed E-state index contributed by atoms with van der Waals surface area (Å²) in [6, 6.07) is 4.58. The van der Waals surface area contributed by atoms with Crippen molar-refractivity contribution in [1.82, 2.24) is 0 Å². The van der Waals surface area contributed by atoms with Crippen molar-refractivity contribution in [2.75, 3.05) is 6.61 Å². The highest BCUT2D eigenvalue weighted by Gasteiger charge is 1.99. The summed E-state index contributed by atoms with van der Waals surface area (Å²) in [5.41, 5.74) is 6.30. The third kappa shape index (κ3) is 2.55. The van der Waals surface area contributed by atoms with Crippen LogP contribution in [0.3, 0.4) is 0 Å². The summed E-state index contributed by atoms with van der Waals surface area (Å²) in [6.45, 7) is -0.0419. The Kier molecular flexibility index (Phi) is 3.44. The Morgan fingerprint density at radius 1 is 1.46 bits per heavy atom. The molecule has 1 aromatic rings. The Hall–Kier alpha value is -1.37. The molecule has 0 amide bonds. The summed E-state index contributed by atoms with van der Waals surface area (Å²) >= 11 is 0. The van der Waals surface area contributed by atoms with Gasteiger partial charge in [0.2, 0.25) is 0 Å². The van der Waals surface area contributed by atoms with Crippen molar-refractivity contribution in [3.63, 3.8) is 0 Å². The lowest BCUT2D eigenvalue weighted by atomic mass is 10.1. The van der Waals surface area contributed by atoms with Gasteiger partial charge in [-0.2, -0.15) is 0 Å². The van der Waals surface area contributed by atoms with Gasteiger partial charge in [0.05, 0.1) is 0 Å². The molecule has 1 aromatic carbocycles. The van der Waals surface area contributed by atoms with Gasteiger partial charge in [0, 0.05) is 17.7 Å². The normalized spacial score (nSPS) is 9.15. The van der Waals surface area contributed by atoms with Crippen LogP contribution < -0.4 is 5.73 Å². The van der Waals surface area contributed by atoms with Gasteiger partial charge in [-0.3, -0.25) is 0 Å². The summed E-state index contributed by atoms with van der Waals surface area (Å²) in [7, 11) is 0. The van der Waals surface area contributed by atoms with Crippen LogP contribution in [0.5, 0.6) is 0 Å². The summed E-state index contributed by atoms with van der Waals surface area (Å²) in [4.78, 5) is 0. The van der Waals surface area contributed by atoms with Gasteiger partial charge in [0.15, 0.2) is 0 Å². The highest BCUT2D eigenvalue weighted by Crippen LogP contribution is 2.08. The second-order valence-electron chi connectivity index (χ2n) is 2.47. The Balaban J connectivity index is 2.96. The molecule has 0 heterocycles. The van der Waals surface area contributed by atoms with Crippen LogP contribution in [0.1, 0.15) is 11.1 Å². The van der Waals surface area contributed by atoms with E-state index in [1.807, 2.05) is 0 Å². The predicted molar refractivity (Wildman–Crippen MR) is 48.3 cm³/mol. The van der Waals surface area contributed by atoms with E-state index < -0.39 is 0 Å². The first kappa shape index (κ1) is 9.72. The summed E-state index contributed by atoms with van der Waals surface area (Å²) < 4.78 is 13.1. The minimum Gasteiger partial charge on any atom is -0.384 e. The molecule has 1 rings (SSSR count). The van der Waals surface area contributed by atoms with Crippen molar-refractivity contribution in [2.45, 2.75) is 6.54 Å². The number of hydrogen-bond donors (Lipinski definition) is 2. The molecule has 0 bridgehead atoms. The topological polar surface area (TPSA) is 46.2 Å². The number of halogens is 1. The Morgan fingerprint density at radius 2 is 2.23 bits per heavy atom. The van der Waals surface area contributed by atoms with Crippen molar-refractivity contribution in [3.8, 4) is 11.8 Å². The number of hydrogen-bond acceptors (Lipinski definition) is 2. The van der Waals surface area contributed by atoms with E-state index in [0.717, 1.165) is 0 Å². The average molecular weight is 179 g/mol. The van der Waals surface area contributed by atoms with E-state index in [1.54, 1.807) is 12.1 Å². The van der Waals surface area contributed by atoms with Gasteiger partial charge in [-0.25, -0.2) is 4.39 Å². The molecule has 0 saturated carbocycles. The molecule has 2 nitrogen and oxygen atoms in total. The lowest BCUT2D eigenvalue weighted by Gasteiger charge is -1.98. The molecular weight excluding hydrogens is 169 g/mol. The van der Waals surface area contributed by atoms with E-state index in [-0.39, 0.29) is 19.0 Å². The van der Waals surface area contributed by atoms with Gasteiger partial charge < -0.3 is 10.8 Å². The molecule has 13 heavy (non-hydrogen) atoms. The van der Waals surface area contributed by atoms with Crippen molar-refractivity contribution < 1.29 is 9.50 Å². The van der Waals surface area contributed by atoms with Crippen LogP contribution in [-0.4, -0.2) is 11.7 Å². The van der Waals surface area contributed by atoms with Gasteiger partial charge in [-0.05, 0) is 12.1 Å². The van der Waals surface area contributed by atoms with Crippen molar-refractivity contribution in [1.29, 1.82) is 0 Å². The van der Waals surface area contributed by atoms with Crippen LogP contribution in [0, 0.1) is 17.7 Å². The predicted octanol–water partition coefficient (Wildman–Crippen LogP) is 0.628. The van der Waals surface area contributed by atoms with E-state index in [0.29, 0.717) is 11.1 Å². The van der Waals surface area contributed by atoms with Crippen molar-refractivity contribution in [2.24, 2.45) is 5.73 Å². The molecule has 0 fully saturated rings. The van der Waals surface area contributed by atoms with E-state index in [1.165, 1.54) is 6.07 Å². The first-order valence-electron chi connectivity index (χ1n) is 3.86. The number of aliphatic hydroxyl groups excluding tert-OH is 1. The lowest BCUT2D eigenvalue weighted by molar-refractivity contribution is 0.350. The molecule has 0 radical (unpaired) electrons. The lowest BCUT2D eigenvalue weighted by Crippen LogP contribution is -1.99. The Morgan fingerprint density at radius 3 is 2.77 bits per heavy atom. The molecule has 0 aliphatic rings. The molecule has 0 spiro atoms. The molecule has 0 unspecified atom stereocenters. The highest BCUT2D eigenvalue weighted by molar-refractivity contribution is 5.37. The highest BCUT2D eigenvalue weighted by atomic mass is 19.1. The minimum absolute atomic E-state index is 0.180. The van der Waals surface area contributed by atoms with E-state index in [9.17, 15) is 4.39 Å². The molecule has 3 heteroatoms. The summed E-state index contributed by atoms with van der Waals surface area (Å²) in [6.07, 6.45) is 0. The van der Waals surface area contributed by atoms with Gasteiger partial charge in [-0.1, -0.05) is 17.9 Å². The maximum absolute atomic E-state index is 13.1. The maximum atomic E-state index is 13.1. The van der Waals surface area contributed by atoms with E-state index >= 15 is 0 Å². The molecule has 3 N–H and O–H groups in total. The molecular formula is C10H10FNO. The monoisotopic (exact) mass is 179 g/mol. The second-order valence-corrected chi connectivity index (χ2v) is 2.47. The second kappa shape index (κ2) is 4.61. The fraction of sp³-hybridized carbons (Fsp3) is 0.200. The standard InChI is InChI=1S/C10H10FNO/c11-10-6-8(2-1-5-13)3-4-9(10)7-12/h3-4,6,13H,5,7,12H2. The van der Waals surface area contributed by atoms with E-state index in [4.69, 9.17) is 10.8 Å². The fourth-order valence-electron chi connectivity index (χ4n) is 0.932. The molecule has 0 aliphatic carbocycles. The molecule has 0 aromatic heterocycles. The SMILES string of the molecule is NCc1ccc(C#CCO)cc1F. The molecule has 0 aliphatic heterocycles. The zero-order valence-corrected chi connectivity index (χ0v) is 7.05.